The average molecular weight is 354 g/mol. The summed E-state index contributed by atoms with van der Waals surface area (Å²) in [6.45, 7) is 0. The van der Waals surface area contributed by atoms with E-state index in [-0.39, 0.29) is 24.2 Å². The molecule has 3 N–H and O–H groups in total. The number of nitrogens with zero attached hydrogens (tertiary/aromatic N) is 3. The van der Waals surface area contributed by atoms with Gasteiger partial charge < -0.3 is 16.0 Å². The predicted molar refractivity (Wildman–Crippen MR) is 98.8 cm³/mol. The monoisotopic (exact) mass is 353 g/mol. The van der Waals surface area contributed by atoms with E-state index in [1.54, 1.807) is 0 Å². The lowest BCUT2D eigenvalue weighted by Gasteiger charge is -2.28. The van der Waals surface area contributed by atoms with Crippen LogP contribution in [0.25, 0.3) is 0 Å². The lowest BCUT2D eigenvalue weighted by Crippen LogP contribution is -2.33. The highest BCUT2D eigenvalue weighted by Crippen LogP contribution is 2.30. The van der Waals surface area contributed by atoms with E-state index in [1.165, 1.54) is 24.1 Å². The highest BCUT2D eigenvalue weighted by atomic mass is 35.5. The molecule has 0 spiro atoms. The van der Waals surface area contributed by atoms with Crippen LogP contribution in [0.5, 0.6) is 0 Å². The Balaban J connectivity index is 0.00000208. The minimum absolute atomic E-state index is 0. The first kappa shape index (κ1) is 18.8. The highest BCUT2D eigenvalue weighted by molar-refractivity contribution is 5.85. The van der Waals surface area contributed by atoms with E-state index in [1.807, 2.05) is 14.1 Å². The molecule has 1 saturated carbocycles. The average Bonchev–Trinajstić information content (AvgIpc) is 2.54. The number of anilines is 2. The minimum Gasteiger partial charge on any atom is -0.369 e. The van der Waals surface area contributed by atoms with Gasteiger partial charge >= 0.3 is 0 Å². The van der Waals surface area contributed by atoms with Crippen molar-refractivity contribution in [2.75, 3.05) is 24.3 Å². The molecule has 0 unspecified atom stereocenters. The van der Waals surface area contributed by atoms with E-state index in [9.17, 15) is 4.79 Å². The molecule has 134 valence electrons. The molecule has 1 amide bonds. The third-order valence-corrected chi connectivity index (χ3v) is 5.05. The van der Waals surface area contributed by atoms with Crippen molar-refractivity contribution in [1.29, 1.82) is 0 Å². The zero-order valence-corrected chi connectivity index (χ0v) is 15.4. The van der Waals surface area contributed by atoms with E-state index in [0.717, 1.165) is 50.3 Å². The summed E-state index contributed by atoms with van der Waals surface area (Å²) in [5, 5.41) is 3.48. The molecule has 6 nitrogen and oxygen atoms in total. The van der Waals surface area contributed by atoms with Gasteiger partial charge in [0.1, 0.15) is 5.82 Å². The molecular formula is C17H28ClN5O. The van der Waals surface area contributed by atoms with Gasteiger partial charge in [0.05, 0.1) is 5.69 Å². The van der Waals surface area contributed by atoms with Gasteiger partial charge in [0.25, 0.3) is 0 Å². The molecule has 0 atom stereocenters. The Labute approximate surface area is 150 Å². The van der Waals surface area contributed by atoms with Gasteiger partial charge in [-0.25, -0.2) is 4.98 Å². The van der Waals surface area contributed by atoms with Crippen LogP contribution in [0.15, 0.2) is 0 Å². The second-order valence-corrected chi connectivity index (χ2v) is 6.99. The Morgan fingerprint density at radius 2 is 1.79 bits per heavy atom. The maximum atomic E-state index is 11.3. The van der Waals surface area contributed by atoms with Crippen LogP contribution in [-0.2, 0) is 17.6 Å². The molecule has 0 aliphatic heterocycles. The maximum Gasteiger partial charge on any atom is 0.225 e. The summed E-state index contributed by atoms with van der Waals surface area (Å²) in [7, 11) is 4.08. The molecule has 24 heavy (non-hydrogen) atoms. The van der Waals surface area contributed by atoms with Gasteiger partial charge in [0, 0.05) is 31.6 Å². The summed E-state index contributed by atoms with van der Waals surface area (Å²) in [5.41, 5.74) is 7.91. The molecule has 0 saturated heterocycles. The number of nitrogens with one attached hydrogen (secondary N) is 1. The number of rotatable bonds is 4. The molecule has 1 aromatic rings. The molecule has 7 heteroatoms. The number of carbonyl (C=O) groups is 1. The number of nitrogens with two attached hydrogens (primary N) is 1. The second kappa shape index (κ2) is 8.01. The van der Waals surface area contributed by atoms with Crippen LogP contribution in [-0.4, -0.2) is 36.0 Å². The summed E-state index contributed by atoms with van der Waals surface area (Å²) in [4.78, 5) is 22.9. The van der Waals surface area contributed by atoms with Crippen molar-refractivity contribution < 1.29 is 4.79 Å². The zero-order valence-electron chi connectivity index (χ0n) is 14.5. The number of aromatic nitrogens is 2. The van der Waals surface area contributed by atoms with Gasteiger partial charge in [-0.05, 0) is 51.4 Å². The van der Waals surface area contributed by atoms with Crippen LogP contribution in [0.1, 0.15) is 49.8 Å². The zero-order chi connectivity index (χ0) is 16.4. The number of carbonyl (C=O) groups excluding carboxylic acids is 1. The smallest absolute Gasteiger partial charge is 0.225 e. The summed E-state index contributed by atoms with van der Waals surface area (Å²) >= 11 is 0. The van der Waals surface area contributed by atoms with Crippen molar-refractivity contribution in [1.82, 2.24) is 9.97 Å². The highest BCUT2D eigenvalue weighted by Gasteiger charge is 2.26. The minimum atomic E-state index is -0.164. The van der Waals surface area contributed by atoms with Crippen molar-refractivity contribution in [2.45, 2.75) is 57.4 Å². The van der Waals surface area contributed by atoms with E-state index in [2.05, 4.69) is 10.2 Å². The summed E-state index contributed by atoms with van der Waals surface area (Å²) in [6.07, 6.45) is 8.17. The Kier molecular flexibility index (Phi) is 6.27. The fraction of sp³-hybridized carbons (Fsp3) is 0.706. The van der Waals surface area contributed by atoms with Gasteiger partial charge in [0.2, 0.25) is 11.9 Å². The number of halogens is 1. The van der Waals surface area contributed by atoms with Crippen molar-refractivity contribution in [3.05, 3.63) is 11.3 Å². The lowest BCUT2D eigenvalue weighted by molar-refractivity contribution is -0.122. The molecule has 0 bridgehead atoms. The van der Waals surface area contributed by atoms with Crippen LogP contribution in [0.4, 0.5) is 11.8 Å². The third-order valence-electron chi connectivity index (χ3n) is 5.05. The molecule has 2 aliphatic carbocycles. The Bertz CT molecular complexity index is 585. The van der Waals surface area contributed by atoms with Crippen LogP contribution in [0, 0.1) is 5.92 Å². The van der Waals surface area contributed by atoms with Crippen molar-refractivity contribution in [3.63, 3.8) is 0 Å². The van der Waals surface area contributed by atoms with Crippen LogP contribution < -0.4 is 16.0 Å². The fourth-order valence-electron chi connectivity index (χ4n) is 3.71. The molecule has 0 radical (unpaired) electrons. The van der Waals surface area contributed by atoms with Gasteiger partial charge in [-0.1, -0.05) is 0 Å². The molecule has 2 aliphatic rings. The van der Waals surface area contributed by atoms with Crippen molar-refractivity contribution >= 4 is 30.1 Å². The van der Waals surface area contributed by atoms with Crippen molar-refractivity contribution in [2.24, 2.45) is 11.7 Å². The SMILES string of the molecule is CN(C)c1nc(N[C@H]2CC[C@@H](C(N)=O)CC2)nc2c1CCCC2.Cl. The lowest BCUT2D eigenvalue weighted by atomic mass is 9.86. The quantitative estimate of drug-likeness (QED) is 0.867. The number of hydrogen-bond donors (Lipinski definition) is 2. The molecule has 1 heterocycles. The molecule has 0 aromatic carbocycles. The Morgan fingerprint density at radius 1 is 1.12 bits per heavy atom. The van der Waals surface area contributed by atoms with Gasteiger partial charge in [0.15, 0.2) is 0 Å². The largest absolute Gasteiger partial charge is 0.369 e. The number of primary amides is 1. The van der Waals surface area contributed by atoms with Crippen LogP contribution in [0.3, 0.4) is 0 Å². The summed E-state index contributed by atoms with van der Waals surface area (Å²) in [5.74, 6) is 1.65. The third kappa shape index (κ3) is 4.09. The van der Waals surface area contributed by atoms with Gasteiger partial charge in [-0.15, -0.1) is 12.4 Å². The second-order valence-electron chi connectivity index (χ2n) is 6.99. The normalized spacial score (nSPS) is 22.9. The summed E-state index contributed by atoms with van der Waals surface area (Å²) in [6, 6.07) is 0.335. The molecule has 1 fully saturated rings. The van der Waals surface area contributed by atoms with Gasteiger partial charge in [-0.2, -0.15) is 4.98 Å². The first-order valence-corrected chi connectivity index (χ1v) is 8.67. The van der Waals surface area contributed by atoms with Crippen LogP contribution in [0.2, 0.25) is 0 Å². The first-order valence-electron chi connectivity index (χ1n) is 8.67. The Morgan fingerprint density at radius 3 is 2.42 bits per heavy atom. The van der Waals surface area contributed by atoms with Gasteiger partial charge in [-0.3, -0.25) is 4.79 Å². The van der Waals surface area contributed by atoms with Crippen molar-refractivity contribution in [3.8, 4) is 0 Å². The fourth-order valence-corrected chi connectivity index (χ4v) is 3.71. The number of amides is 1. The molecular weight excluding hydrogens is 326 g/mol. The molecule has 1 aromatic heterocycles. The number of hydrogen-bond acceptors (Lipinski definition) is 5. The number of fused-ring (bicyclic) bond motifs is 1. The Hall–Kier alpha value is -1.56. The topological polar surface area (TPSA) is 84.1 Å². The van der Waals surface area contributed by atoms with E-state index in [0.29, 0.717) is 6.04 Å². The number of aryl methyl sites for hydroxylation is 1. The summed E-state index contributed by atoms with van der Waals surface area (Å²) < 4.78 is 0. The van der Waals surface area contributed by atoms with E-state index >= 15 is 0 Å². The predicted octanol–water partition coefficient (Wildman–Crippen LogP) is 2.30. The van der Waals surface area contributed by atoms with Crippen LogP contribution >= 0.6 is 12.4 Å². The van der Waals surface area contributed by atoms with E-state index < -0.39 is 0 Å². The maximum absolute atomic E-state index is 11.3. The molecule has 3 rings (SSSR count). The standard InChI is InChI=1S/C17H27N5O.ClH/c1-22(2)16-13-5-3-4-6-14(13)20-17(21-16)19-12-9-7-11(8-10-12)15(18)23;/h11-12H,3-10H2,1-2H3,(H2,18,23)(H,19,20,21);1H/t11-,12+;. The first-order chi connectivity index (χ1) is 11.0. The van der Waals surface area contributed by atoms with E-state index in [4.69, 9.17) is 15.7 Å².